The summed E-state index contributed by atoms with van der Waals surface area (Å²) in [6.45, 7) is 5.66. The predicted molar refractivity (Wildman–Crippen MR) is 92.0 cm³/mol. The van der Waals surface area contributed by atoms with Crippen LogP contribution in [0.3, 0.4) is 0 Å². The molecule has 0 aliphatic carbocycles. The lowest BCUT2D eigenvalue weighted by Gasteiger charge is -2.05. The van der Waals surface area contributed by atoms with Crippen molar-refractivity contribution >= 4 is 39.5 Å². The van der Waals surface area contributed by atoms with Gasteiger partial charge in [-0.3, -0.25) is 14.4 Å². The van der Waals surface area contributed by atoms with Crippen molar-refractivity contribution in [3.8, 4) is 0 Å². The summed E-state index contributed by atoms with van der Waals surface area (Å²) in [6.07, 6.45) is 6.84. The van der Waals surface area contributed by atoms with Crippen molar-refractivity contribution in [3.63, 3.8) is 0 Å². The summed E-state index contributed by atoms with van der Waals surface area (Å²) in [5.74, 6) is 0. The third-order valence-corrected chi connectivity index (χ3v) is 4.27. The van der Waals surface area contributed by atoms with E-state index in [-0.39, 0.29) is 5.56 Å². The van der Waals surface area contributed by atoms with Crippen LogP contribution in [0.5, 0.6) is 0 Å². The normalized spacial score (nSPS) is 12.0. The second-order valence-corrected chi connectivity index (χ2v) is 5.46. The maximum atomic E-state index is 13.0. The topological polar surface area (TPSA) is 45.6 Å². The molecule has 0 aliphatic heterocycles. The molecule has 0 radical (unpaired) electrons. The fraction of sp³-hybridized carbons (Fsp3) is 0.0526. The van der Waals surface area contributed by atoms with Crippen molar-refractivity contribution in [1.82, 2.24) is 4.40 Å². The SMILES string of the molecule is C=Cc1c(/C=C\C)c2c3c(cc[n+]2O)c2ccccc2n3c1=O. The molecule has 0 fully saturated rings. The van der Waals surface area contributed by atoms with E-state index in [0.717, 1.165) is 26.5 Å². The Morgan fingerprint density at radius 3 is 2.70 bits per heavy atom. The summed E-state index contributed by atoms with van der Waals surface area (Å²) < 4.78 is 2.74. The summed E-state index contributed by atoms with van der Waals surface area (Å²) in [7, 11) is 0. The molecule has 0 saturated heterocycles. The Hall–Kier alpha value is -3.14. The third kappa shape index (κ3) is 1.60. The zero-order chi connectivity index (χ0) is 16.1. The Morgan fingerprint density at radius 2 is 1.96 bits per heavy atom. The molecule has 0 unspecified atom stereocenters. The molecule has 3 aromatic heterocycles. The van der Waals surface area contributed by atoms with Crippen molar-refractivity contribution < 1.29 is 9.94 Å². The lowest BCUT2D eigenvalue weighted by molar-refractivity contribution is -0.884. The fourth-order valence-corrected chi connectivity index (χ4v) is 3.35. The van der Waals surface area contributed by atoms with Gasteiger partial charge in [-0.2, -0.15) is 0 Å². The number of nitrogens with zero attached hydrogens (tertiary/aromatic N) is 2. The van der Waals surface area contributed by atoms with Crippen LogP contribution in [-0.4, -0.2) is 9.61 Å². The zero-order valence-electron chi connectivity index (χ0n) is 12.7. The monoisotopic (exact) mass is 303 g/mol. The Balaban J connectivity index is 2.49. The molecule has 4 rings (SSSR count). The third-order valence-electron chi connectivity index (χ3n) is 4.27. The average Bonchev–Trinajstić information content (AvgIpc) is 2.89. The summed E-state index contributed by atoms with van der Waals surface area (Å²) >= 11 is 0. The Bertz CT molecular complexity index is 1170. The van der Waals surface area contributed by atoms with E-state index < -0.39 is 0 Å². The predicted octanol–water partition coefficient (Wildman–Crippen LogP) is 3.24. The fourth-order valence-electron chi connectivity index (χ4n) is 3.35. The number of benzene rings is 1. The van der Waals surface area contributed by atoms with Crippen LogP contribution in [0.15, 0.2) is 54.0 Å². The molecular weight excluding hydrogens is 288 g/mol. The average molecular weight is 303 g/mol. The lowest BCUT2D eigenvalue weighted by Crippen LogP contribution is -2.33. The van der Waals surface area contributed by atoms with Gasteiger partial charge in [0.25, 0.3) is 11.1 Å². The van der Waals surface area contributed by atoms with Gasteiger partial charge in [-0.25, -0.2) is 0 Å². The summed E-state index contributed by atoms with van der Waals surface area (Å²) in [4.78, 5) is 13.0. The number of hydrogen-bond donors (Lipinski definition) is 1. The number of rotatable bonds is 2. The van der Waals surface area contributed by atoms with E-state index in [0.29, 0.717) is 16.6 Å². The van der Waals surface area contributed by atoms with Crippen LogP contribution in [0, 0.1) is 0 Å². The van der Waals surface area contributed by atoms with E-state index in [1.165, 1.54) is 0 Å². The molecule has 4 aromatic rings. The lowest BCUT2D eigenvalue weighted by atomic mass is 10.1. The standard InChI is InChI=1S/C19H15N2O2/c1-3-7-14-12(4-2)19(22)21-16-9-6-5-8-13(16)15-10-11-20(23)17(14)18(15)21/h3-11,23H,2H2,1H3/q+1/b7-3-. The van der Waals surface area contributed by atoms with Crippen molar-refractivity contribution in [1.29, 1.82) is 0 Å². The van der Waals surface area contributed by atoms with Gasteiger partial charge in [0.15, 0.2) is 0 Å². The molecular formula is C19H15N2O2+. The van der Waals surface area contributed by atoms with E-state index in [4.69, 9.17) is 0 Å². The highest BCUT2D eigenvalue weighted by atomic mass is 16.5. The highest BCUT2D eigenvalue weighted by Crippen LogP contribution is 2.31. The molecule has 0 bridgehead atoms. The van der Waals surface area contributed by atoms with Gasteiger partial charge in [0.1, 0.15) is 5.52 Å². The number of fused-ring (bicyclic) bond motifs is 3. The first-order chi connectivity index (χ1) is 11.2. The van der Waals surface area contributed by atoms with E-state index in [2.05, 4.69) is 6.58 Å². The van der Waals surface area contributed by atoms with Gasteiger partial charge in [-0.1, -0.05) is 43.0 Å². The largest absolute Gasteiger partial charge is 0.289 e. The molecule has 0 aliphatic rings. The van der Waals surface area contributed by atoms with Crippen LogP contribution < -0.4 is 10.3 Å². The summed E-state index contributed by atoms with van der Waals surface area (Å²) in [5.41, 5.74) is 3.19. The van der Waals surface area contributed by atoms with Crippen LogP contribution in [-0.2, 0) is 0 Å². The molecule has 4 heteroatoms. The molecule has 0 amide bonds. The summed E-state index contributed by atoms with van der Waals surface area (Å²) in [5, 5.41) is 12.3. The number of para-hydroxylation sites is 1. The van der Waals surface area contributed by atoms with E-state index >= 15 is 0 Å². The van der Waals surface area contributed by atoms with E-state index in [9.17, 15) is 10.0 Å². The molecule has 23 heavy (non-hydrogen) atoms. The summed E-state index contributed by atoms with van der Waals surface area (Å²) in [6, 6.07) is 9.59. The Morgan fingerprint density at radius 1 is 1.17 bits per heavy atom. The van der Waals surface area contributed by atoms with Crippen LogP contribution >= 0.6 is 0 Å². The van der Waals surface area contributed by atoms with Gasteiger partial charge in [0, 0.05) is 21.6 Å². The minimum absolute atomic E-state index is 0.127. The van der Waals surface area contributed by atoms with Crippen molar-refractivity contribution in [2.24, 2.45) is 0 Å². The quantitative estimate of drug-likeness (QED) is 0.456. The molecule has 1 aromatic carbocycles. The molecule has 1 N–H and O–H groups in total. The van der Waals surface area contributed by atoms with Crippen molar-refractivity contribution in [2.75, 3.05) is 0 Å². The zero-order valence-corrected chi connectivity index (χ0v) is 12.7. The van der Waals surface area contributed by atoms with Crippen molar-refractivity contribution in [3.05, 3.63) is 70.7 Å². The van der Waals surface area contributed by atoms with E-state index in [1.807, 2.05) is 49.4 Å². The first-order valence-electron chi connectivity index (χ1n) is 7.40. The van der Waals surface area contributed by atoms with Crippen LogP contribution in [0.2, 0.25) is 0 Å². The van der Waals surface area contributed by atoms with Gasteiger partial charge in [-0.15, -0.1) is 0 Å². The Labute approximate surface area is 132 Å². The maximum absolute atomic E-state index is 13.0. The highest BCUT2D eigenvalue weighted by Gasteiger charge is 2.25. The van der Waals surface area contributed by atoms with Gasteiger partial charge < -0.3 is 0 Å². The van der Waals surface area contributed by atoms with Crippen molar-refractivity contribution in [2.45, 2.75) is 6.92 Å². The maximum Gasteiger partial charge on any atom is 0.289 e. The van der Waals surface area contributed by atoms with Gasteiger partial charge in [-0.05, 0) is 13.0 Å². The number of aromatic nitrogens is 2. The number of allylic oxidation sites excluding steroid dienone is 1. The van der Waals surface area contributed by atoms with Crippen LogP contribution in [0.1, 0.15) is 18.1 Å². The minimum Gasteiger partial charge on any atom is -0.284 e. The second-order valence-electron chi connectivity index (χ2n) is 5.46. The smallest absolute Gasteiger partial charge is 0.284 e. The van der Waals surface area contributed by atoms with Gasteiger partial charge in [0.05, 0.1) is 16.6 Å². The first kappa shape index (κ1) is 13.5. The molecule has 0 saturated carbocycles. The van der Waals surface area contributed by atoms with Gasteiger partial charge >= 0.3 is 0 Å². The highest BCUT2D eigenvalue weighted by molar-refractivity contribution is 6.13. The number of pyridine rings is 2. The first-order valence-corrected chi connectivity index (χ1v) is 7.40. The molecule has 0 spiro atoms. The van der Waals surface area contributed by atoms with Gasteiger partial charge in [0.2, 0.25) is 6.20 Å². The molecule has 0 atom stereocenters. The molecule has 112 valence electrons. The minimum atomic E-state index is -0.127. The molecule has 4 nitrogen and oxygen atoms in total. The number of hydrogen-bond acceptors (Lipinski definition) is 2. The van der Waals surface area contributed by atoms with E-state index in [1.54, 1.807) is 16.7 Å². The van der Waals surface area contributed by atoms with Crippen LogP contribution in [0.4, 0.5) is 0 Å². The molecule has 3 heterocycles. The second kappa shape index (κ2) is 4.68. The Kier molecular flexibility index (Phi) is 2.75. The van der Waals surface area contributed by atoms with Crippen LogP contribution in [0.25, 0.3) is 39.5 Å².